The molecule has 0 saturated heterocycles. The fourth-order valence-corrected chi connectivity index (χ4v) is 12.7. The maximum Gasteiger partial charge on any atom is 0.304 e. The zero-order valence-electron chi connectivity index (χ0n) is 38.0. The molecule has 0 fully saturated rings. The monoisotopic (exact) mass is 1080 g/mol. The van der Waals surface area contributed by atoms with Gasteiger partial charge in [0.25, 0.3) is 0 Å². The molecule has 0 aliphatic carbocycles. The van der Waals surface area contributed by atoms with Gasteiger partial charge in [-0.25, -0.2) is 0 Å². The topological polar surface area (TPSA) is 272 Å². The van der Waals surface area contributed by atoms with Crippen LogP contribution in [0.25, 0.3) is 20.4 Å². The van der Waals surface area contributed by atoms with Crippen molar-refractivity contribution >= 4 is 154 Å². The van der Waals surface area contributed by atoms with E-state index in [0.717, 1.165) is 62.7 Å². The second-order valence-electron chi connectivity index (χ2n) is 14.6. The van der Waals surface area contributed by atoms with E-state index in [2.05, 4.69) is 49.6 Å². The van der Waals surface area contributed by atoms with E-state index in [1.54, 1.807) is 26.4 Å². The van der Waals surface area contributed by atoms with Crippen molar-refractivity contribution in [2.24, 2.45) is 20.5 Å². The number of rotatable bonds is 21. The summed E-state index contributed by atoms with van der Waals surface area (Å²) in [5.74, 6) is 1.83. The number of azo groups is 2. The number of hydrogen-bond acceptors (Lipinski definition) is 24. The van der Waals surface area contributed by atoms with E-state index in [-0.39, 0.29) is 20.3 Å². The van der Waals surface area contributed by atoms with E-state index < -0.39 is 20.2 Å². The van der Waals surface area contributed by atoms with Crippen molar-refractivity contribution in [1.82, 2.24) is 23.7 Å². The molecule has 8 aromatic rings. The van der Waals surface area contributed by atoms with E-state index >= 15 is 0 Å². The Kier molecular flexibility index (Phi) is 15.5. The quantitative estimate of drug-likeness (QED) is 0.0296. The number of nitrogens with one attached hydrogen (secondary N) is 2. The molecule has 5 aromatic heterocycles. The van der Waals surface area contributed by atoms with E-state index in [0.29, 0.717) is 102 Å². The molecule has 21 nitrogen and oxygen atoms in total. The number of nitrogens with zero attached hydrogens (tertiary/aromatic N) is 11. The van der Waals surface area contributed by atoms with Crippen molar-refractivity contribution in [2.45, 2.75) is 47.0 Å². The van der Waals surface area contributed by atoms with Gasteiger partial charge in [-0.05, 0) is 80.6 Å². The molecule has 0 aliphatic rings. The zero-order valence-corrected chi connectivity index (χ0v) is 43.7. The highest BCUT2D eigenvalue weighted by molar-refractivity contribution is 7.98. The number of aromatic nitrogens is 5. The normalized spacial score (nSPS) is 12.2. The summed E-state index contributed by atoms with van der Waals surface area (Å²) >= 11 is 5.10. The summed E-state index contributed by atoms with van der Waals surface area (Å²) in [5.41, 5.74) is 4.07. The van der Waals surface area contributed by atoms with Crippen LogP contribution in [0.2, 0.25) is 0 Å². The molecule has 8 rings (SSSR count). The third kappa shape index (κ3) is 11.3. The van der Waals surface area contributed by atoms with Crippen LogP contribution < -0.4 is 29.9 Å². The Morgan fingerprint density at radius 3 is 1.47 bits per heavy atom. The van der Waals surface area contributed by atoms with Crippen LogP contribution in [0.1, 0.15) is 33.3 Å². The van der Waals surface area contributed by atoms with Gasteiger partial charge in [-0.1, -0.05) is 42.1 Å². The second kappa shape index (κ2) is 21.6. The maximum absolute atomic E-state index is 11.9. The van der Waals surface area contributed by atoms with Crippen LogP contribution in [0.15, 0.2) is 101 Å². The van der Waals surface area contributed by atoms with Gasteiger partial charge < -0.3 is 29.9 Å². The smallest absolute Gasteiger partial charge is 0.304 e. The number of ether oxygens (including phenoxy) is 2. The first kappa shape index (κ1) is 50.4. The van der Waals surface area contributed by atoms with Crippen LogP contribution in [0.3, 0.4) is 0 Å². The molecule has 70 heavy (non-hydrogen) atoms. The van der Waals surface area contributed by atoms with Gasteiger partial charge >= 0.3 is 20.2 Å². The van der Waals surface area contributed by atoms with Gasteiger partial charge in [0.05, 0.1) is 47.7 Å². The minimum Gasteiger partial charge on any atom is -0.494 e. The summed E-state index contributed by atoms with van der Waals surface area (Å²) in [6.07, 6.45) is 0. The molecule has 28 heteroatoms. The summed E-state index contributed by atoms with van der Waals surface area (Å²) in [6.45, 7) is 10.7. The molecule has 0 bridgehead atoms. The van der Waals surface area contributed by atoms with Crippen LogP contribution >= 0.6 is 57.5 Å². The lowest BCUT2D eigenvalue weighted by atomic mass is 10.2. The second-order valence-corrected chi connectivity index (χ2v) is 22.4. The number of hydrogen-bond donors (Lipinski definition) is 4. The number of thioether (sulfide) groups is 1. The van der Waals surface area contributed by atoms with Gasteiger partial charge in [0.15, 0.2) is 15.2 Å². The minimum absolute atomic E-state index is 0.135. The van der Waals surface area contributed by atoms with E-state index in [1.165, 1.54) is 23.9 Å². The third-order valence-electron chi connectivity index (χ3n) is 10.4. The Morgan fingerprint density at radius 2 is 1.07 bits per heavy atom. The molecule has 0 amide bonds. The number of fused-ring (bicyclic) bond motifs is 2. The van der Waals surface area contributed by atoms with Crippen LogP contribution in [0, 0.1) is 0 Å². The first-order chi connectivity index (χ1) is 33.6. The largest absolute Gasteiger partial charge is 0.494 e. The van der Waals surface area contributed by atoms with Crippen molar-refractivity contribution in [3.8, 4) is 11.5 Å². The van der Waals surface area contributed by atoms with Crippen molar-refractivity contribution in [2.75, 3.05) is 60.8 Å². The van der Waals surface area contributed by atoms with Crippen LogP contribution in [-0.2, 0) is 26.0 Å². The van der Waals surface area contributed by atoms with Crippen molar-refractivity contribution in [3.05, 3.63) is 72.3 Å². The standard InChI is InChI=1S/C42H43N13O8S7/c1-7-54(8-2)30-18-26(28(20-32(30)62-5)48-50-36-24-16-34(69(56,57)58)65-38(24)52-67-36)43-40-45-41(47-42(46-40)64-22-23-14-12-11-13-15-23)44-27-19-31(55(9-3)10-4)33(63-6)21-29(27)49-51-37-25-17-35(70(59,60)61)66-39(25)53-68-37/h11-21H,7-10,22H2,1-6H3,(H,56,57,58)(H,59,60,61)(H2,43,44,45,46,47). The SMILES string of the molecule is CCN(CC)c1cc(Nc2nc(Nc3cc(N(CC)CC)c(OC)cc3N=Nc3snc4sc(S(=O)(=O)O)cc34)nc(SCc3ccccc3)n2)c(N=Nc2snc3sc(S(=O)(=O)O)cc23)cc1OC. The summed E-state index contributed by atoms with van der Waals surface area (Å²) < 4.78 is 86.9. The molecule has 0 aliphatic heterocycles. The average Bonchev–Trinajstić information content (AvgIpc) is 4.14. The molecule has 0 atom stereocenters. The van der Waals surface area contributed by atoms with E-state index in [4.69, 9.17) is 24.4 Å². The fourth-order valence-electron chi connectivity index (χ4n) is 6.95. The number of thiophene rings is 2. The minimum atomic E-state index is -4.46. The predicted molar refractivity (Wildman–Crippen MR) is 278 cm³/mol. The van der Waals surface area contributed by atoms with Gasteiger partial charge in [0.1, 0.15) is 41.0 Å². The summed E-state index contributed by atoms with van der Waals surface area (Å²) in [4.78, 5) is 19.5. The van der Waals surface area contributed by atoms with Gasteiger partial charge in [-0.3, -0.25) is 9.11 Å². The van der Waals surface area contributed by atoms with Gasteiger partial charge in [0.2, 0.25) is 11.9 Å². The number of benzene rings is 3. The predicted octanol–water partition coefficient (Wildman–Crippen LogP) is 12.0. The highest BCUT2D eigenvalue weighted by Crippen LogP contribution is 2.45. The lowest BCUT2D eigenvalue weighted by Crippen LogP contribution is -2.22. The summed E-state index contributed by atoms with van der Waals surface area (Å²) in [6, 6.07) is 19.7. The molecule has 0 spiro atoms. The Morgan fingerprint density at radius 1 is 0.629 bits per heavy atom. The van der Waals surface area contributed by atoms with Crippen molar-refractivity contribution in [1.29, 1.82) is 0 Å². The lowest BCUT2D eigenvalue weighted by Gasteiger charge is -2.25. The first-order valence-corrected chi connectivity index (χ1v) is 28.1. The van der Waals surface area contributed by atoms with E-state index in [1.807, 2.05) is 70.2 Å². The molecular formula is C42H43N13O8S7. The highest BCUT2D eigenvalue weighted by atomic mass is 32.3. The molecule has 3 aromatic carbocycles. The fraction of sp³-hybridized carbons (Fsp3) is 0.262. The molecular weight excluding hydrogens is 1040 g/mol. The van der Waals surface area contributed by atoms with Crippen LogP contribution in [0.5, 0.6) is 11.5 Å². The Labute approximate surface area is 422 Å². The van der Waals surface area contributed by atoms with E-state index in [9.17, 15) is 25.9 Å². The Balaban J connectivity index is 1.24. The Bertz CT molecular complexity index is 3260. The maximum atomic E-state index is 11.9. The number of anilines is 6. The van der Waals surface area contributed by atoms with Crippen LogP contribution in [0.4, 0.5) is 56.0 Å². The molecule has 0 unspecified atom stereocenters. The first-order valence-electron chi connectivity index (χ1n) is 21.1. The molecule has 4 N–H and O–H groups in total. The highest BCUT2D eigenvalue weighted by Gasteiger charge is 2.23. The average molecular weight is 1080 g/mol. The van der Waals surface area contributed by atoms with Crippen molar-refractivity contribution < 1.29 is 35.4 Å². The number of methoxy groups -OCH3 is 2. The van der Waals surface area contributed by atoms with Crippen LogP contribution in [-0.4, -0.2) is 90.0 Å². The van der Waals surface area contributed by atoms with Gasteiger partial charge in [-0.15, -0.1) is 43.1 Å². The van der Waals surface area contributed by atoms with Gasteiger partial charge in [-0.2, -0.15) is 40.5 Å². The zero-order chi connectivity index (χ0) is 49.7. The molecule has 366 valence electrons. The lowest BCUT2D eigenvalue weighted by molar-refractivity contribution is 0.414. The Hall–Kier alpha value is -5.98. The molecule has 0 radical (unpaired) electrons. The van der Waals surface area contributed by atoms with Gasteiger partial charge in [0, 0.05) is 44.1 Å². The summed E-state index contributed by atoms with van der Waals surface area (Å²) in [5, 5.41) is 26.8. The molecule has 0 saturated carbocycles. The van der Waals surface area contributed by atoms with Crippen molar-refractivity contribution in [3.63, 3.8) is 0 Å². The summed E-state index contributed by atoms with van der Waals surface area (Å²) in [7, 11) is -5.80. The molecule has 5 heterocycles. The third-order valence-corrected chi connectivity index (χ3v) is 17.7.